The molecule has 1 N–H and O–H groups in total. The van der Waals surface area contributed by atoms with Crippen molar-refractivity contribution in [3.05, 3.63) is 41.0 Å². The zero-order chi connectivity index (χ0) is 24.1. The third-order valence-electron chi connectivity index (χ3n) is 8.09. The van der Waals surface area contributed by atoms with Crippen LogP contribution < -0.4 is 5.32 Å². The highest BCUT2D eigenvalue weighted by molar-refractivity contribution is 9.10. The summed E-state index contributed by atoms with van der Waals surface area (Å²) >= 11 is 3.98. The molecule has 34 heavy (non-hydrogen) atoms. The number of anilines is 1. The highest BCUT2D eigenvalue weighted by Gasteiger charge is 2.57. The number of hydrogen-bond donors (Lipinski definition) is 1. The number of carbonyl (C=O) groups is 2. The first kappa shape index (κ1) is 23.2. The van der Waals surface area contributed by atoms with Gasteiger partial charge in [-0.2, -0.15) is 5.26 Å². The topological polar surface area (TPSA) is 97.3 Å². The van der Waals surface area contributed by atoms with E-state index in [1.54, 1.807) is 12.3 Å². The van der Waals surface area contributed by atoms with Crippen molar-refractivity contribution in [3.63, 3.8) is 0 Å². The Hall–Kier alpha value is -2.53. The fraction of sp³-hybridized carbons (Fsp3) is 0.577. The first-order valence-electron chi connectivity index (χ1n) is 12.0. The van der Waals surface area contributed by atoms with Crippen LogP contribution in [0.2, 0.25) is 0 Å². The molecule has 4 aliphatic rings. The van der Waals surface area contributed by atoms with Crippen molar-refractivity contribution in [1.82, 2.24) is 4.57 Å². The Morgan fingerprint density at radius 2 is 2.03 bits per heavy atom. The summed E-state index contributed by atoms with van der Waals surface area (Å²) in [6, 6.07) is 5.83. The molecule has 4 fully saturated rings. The summed E-state index contributed by atoms with van der Waals surface area (Å²) in [6.07, 6.45) is 8.84. The van der Waals surface area contributed by atoms with Crippen LogP contribution in [0, 0.1) is 42.4 Å². The largest absolute Gasteiger partial charge is 0.467 e. The number of halogens is 1. The fourth-order valence-corrected chi connectivity index (χ4v) is 8.61. The van der Waals surface area contributed by atoms with E-state index in [0.717, 1.165) is 30.5 Å². The Kier molecular flexibility index (Phi) is 5.87. The number of alkyl halides is 1. The molecular formula is C26H30BrN3O4. The maximum absolute atomic E-state index is 12.8. The molecule has 6 rings (SSSR count). The lowest BCUT2D eigenvalue weighted by molar-refractivity contribution is -0.153. The van der Waals surface area contributed by atoms with Crippen LogP contribution in [0.3, 0.4) is 0 Å². The smallest absolute Gasteiger partial charge is 0.306 e. The SMILES string of the molecule is Cc1c(C#N)c(NC(=O)COC(=O)CC23C[C@H]4C[C@@H](CC(Br)(C4)C2)C3)n(Cc2ccco2)c1C. The number of nitrogens with zero attached hydrogens (tertiary/aromatic N) is 2. The molecule has 4 aliphatic carbocycles. The second-order valence-electron chi connectivity index (χ2n) is 10.7. The summed E-state index contributed by atoms with van der Waals surface area (Å²) in [5, 5.41) is 12.5. The summed E-state index contributed by atoms with van der Waals surface area (Å²) in [6.45, 7) is 3.77. The standard InChI is InChI=1S/C26H30BrN3O4/c1-16-17(2)30(13-20-4-3-5-33-20)24(21(16)12-28)29-22(31)14-34-23(32)11-25-7-18-6-19(8-25)10-26(27,9-18)15-25/h3-5,18-19H,6-11,13-15H2,1-2H3,(H,29,31)/t18-,19-,25?,26?/m1/s1. The molecular weight excluding hydrogens is 498 g/mol. The summed E-state index contributed by atoms with van der Waals surface area (Å²) in [5.41, 5.74) is 2.07. The molecule has 0 spiro atoms. The van der Waals surface area contributed by atoms with E-state index in [0.29, 0.717) is 41.9 Å². The molecule has 8 heteroatoms. The van der Waals surface area contributed by atoms with Crippen LogP contribution in [0.1, 0.15) is 67.5 Å². The Bertz CT molecular complexity index is 1150. The number of esters is 1. The highest BCUT2D eigenvalue weighted by atomic mass is 79.9. The van der Waals surface area contributed by atoms with Gasteiger partial charge in [-0.25, -0.2) is 0 Å². The van der Waals surface area contributed by atoms with Gasteiger partial charge in [0, 0.05) is 10.0 Å². The highest BCUT2D eigenvalue weighted by Crippen LogP contribution is 2.65. The molecule has 0 aliphatic heterocycles. The Labute approximate surface area is 208 Å². The maximum atomic E-state index is 12.8. The molecule has 0 aromatic carbocycles. The predicted molar refractivity (Wildman–Crippen MR) is 129 cm³/mol. The molecule has 7 nitrogen and oxygen atoms in total. The zero-order valence-electron chi connectivity index (χ0n) is 19.7. The number of carbonyl (C=O) groups excluding carboxylic acids is 2. The second kappa shape index (κ2) is 8.60. The molecule has 2 aromatic rings. The van der Waals surface area contributed by atoms with Gasteiger partial charge in [-0.05, 0) is 87.3 Å². The van der Waals surface area contributed by atoms with E-state index in [2.05, 4.69) is 27.3 Å². The van der Waals surface area contributed by atoms with Gasteiger partial charge in [0.2, 0.25) is 0 Å². The number of nitriles is 1. The number of ether oxygens (including phenoxy) is 1. The summed E-state index contributed by atoms with van der Waals surface area (Å²) in [4.78, 5) is 25.5. The molecule has 180 valence electrons. The lowest BCUT2D eigenvalue weighted by Gasteiger charge is -2.60. The molecule has 0 radical (unpaired) electrons. The minimum atomic E-state index is -0.453. The van der Waals surface area contributed by atoms with Crippen LogP contribution in [0.5, 0.6) is 0 Å². The molecule has 2 atom stereocenters. The minimum Gasteiger partial charge on any atom is -0.467 e. The first-order valence-corrected chi connectivity index (χ1v) is 12.8. The second-order valence-corrected chi connectivity index (χ2v) is 12.4. The van der Waals surface area contributed by atoms with E-state index < -0.39 is 5.91 Å². The summed E-state index contributed by atoms with van der Waals surface area (Å²) in [7, 11) is 0. The average molecular weight is 528 g/mol. The van der Waals surface area contributed by atoms with E-state index >= 15 is 0 Å². The molecule has 4 bridgehead atoms. The van der Waals surface area contributed by atoms with Crippen molar-refractivity contribution in [2.24, 2.45) is 17.3 Å². The van der Waals surface area contributed by atoms with Crippen LogP contribution in [0.25, 0.3) is 0 Å². The monoisotopic (exact) mass is 527 g/mol. The number of amides is 1. The van der Waals surface area contributed by atoms with Gasteiger partial charge in [0.15, 0.2) is 6.61 Å². The number of aromatic nitrogens is 1. The lowest BCUT2D eigenvalue weighted by Crippen LogP contribution is -2.53. The zero-order valence-corrected chi connectivity index (χ0v) is 21.2. The summed E-state index contributed by atoms with van der Waals surface area (Å²) in [5.74, 6) is 1.73. The van der Waals surface area contributed by atoms with E-state index in [1.165, 1.54) is 19.3 Å². The third-order valence-corrected chi connectivity index (χ3v) is 9.02. The van der Waals surface area contributed by atoms with Gasteiger partial charge in [0.25, 0.3) is 5.91 Å². The van der Waals surface area contributed by atoms with Gasteiger partial charge in [0.05, 0.1) is 24.8 Å². The van der Waals surface area contributed by atoms with E-state index in [-0.39, 0.29) is 22.3 Å². The normalized spacial score (nSPS) is 29.1. The van der Waals surface area contributed by atoms with Gasteiger partial charge in [-0.3, -0.25) is 9.59 Å². The van der Waals surface area contributed by atoms with Gasteiger partial charge in [-0.15, -0.1) is 0 Å². The van der Waals surface area contributed by atoms with E-state index in [4.69, 9.17) is 9.15 Å². The van der Waals surface area contributed by atoms with Crippen molar-refractivity contribution in [3.8, 4) is 6.07 Å². The Morgan fingerprint density at radius 3 is 2.65 bits per heavy atom. The number of hydrogen-bond acceptors (Lipinski definition) is 5. The van der Waals surface area contributed by atoms with Crippen LogP contribution in [0.15, 0.2) is 22.8 Å². The molecule has 0 unspecified atom stereocenters. The van der Waals surface area contributed by atoms with Gasteiger partial charge >= 0.3 is 5.97 Å². The summed E-state index contributed by atoms with van der Waals surface area (Å²) < 4.78 is 12.9. The Morgan fingerprint density at radius 1 is 1.29 bits per heavy atom. The van der Waals surface area contributed by atoms with Gasteiger partial charge in [0.1, 0.15) is 17.6 Å². The van der Waals surface area contributed by atoms with E-state index in [1.807, 2.05) is 24.5 Å². The molecule has 2 aromatic heterocycles. The predicted octanol–water partition coefficient (Wildman–Crippen LogP) is 5.22. The molecule has 1 amide bonds. The minimum absolute atomic E-state index is 0.00108. The average Bonchev–Trinajstić information content (AvgIpc) is 3.33. The Balaban J connectivity index is 1.23. The number of rotatable bonds is 7. The number of furan rings is 1. The third kappa shape index (κ3) is 4.31. The van der Waals surface area contributed by atoms with E-state index in [9.17, 15) is 14.9 Å². The van der Waals surface area contributed by atoms with Gasteiger partial charge in [-0.1, -0.05) is 15.9 Å². The molecule has 0 saturated heterocycles. The van der Waals surface area contributed by atoms with Crippen molar-refractivity contribution in [2.75, 3.05) is 11.9 Å². The molecule has 4 saturated carbocycles. The van der Waals surface area contributed by atoms with Crippen molar-refractivity contribution in [1.29, 1.82) is 5.26 Å². The number of nitrogens with one attached hydrogen (secondary N) is 1. The maximum Gasteiger partial charge on any atom is 0.306 e. The first-order chi connectivity index (χ1) is 16.2. The van der Waals surface area contributed by atoms with Crippen molar-refractivity contribution >= 4 is 33.6 Å². The lowest BCUT2D eigenvalue weighted by atomic mass is 9.49. The quantitative estimate of drug-likeness (QED) is 0.393. The van der Waals surface area contributed by atoms with Crippen molar-refractivity contribution in [2.45, 2.75) is 69.7 Å². The van der Waals surface area contributed by atoms with Crippen LogP contribution in [-0.2, 0) is 20.9 Å². The van der Waals surface area contributed by atoms with Gasteiger partial charge < -0.3 is 19.0 Å². The van der Waals surface area contributed by atoms with Crippen LogP contribution in [-0.4, -0.2) is 27.4 Å². The molecule has 2 heterocycles. The van der Waals surface area contributed by atoms with Crippen LogP contribution >= 0.6 is 15.9 Å². The fourth-order valence-electron chi connectivity index (χ4n) is 7.10. The van der Waals surface area contributed by atoms with Crippen LogP contribution in [0.4, 0.5) is 5.82 Å². The van der Waals surface area contributed by atoms with Crippen molar-refractivity contribution < 1.29 is 18.7 Å².